The Balaban J connectivity index is 1.59. The lowest BCUT2D eigenvalue weighted by atomic mass is 10.1. The van der Waals surface area contributed by atoms with Crippen molar-refractivity contribution in [3.8, 4) is 0 Å². The molecule has 1 fully saturated rings. The predicted molar refractivity (Wildman–Crippen MR) is 104 cm³/mol. The van der Waals surface area contributed by atoms with Gasteiger partial charge in [0.15, 0.2) is 0 Å². The number of anilines is 1. The van der Waals surface area contributed by atoms with Gasteiger partial charge in [0.2, 0.25) is 5.91 Å². The zero-order chi connectivity index (χ0) is 19.1. The molecule has 27 heavy (non-hydrogen) atoms. The maximum atomic E-state index is 13.0. The third-order valence-corrected chi connectivity index (χ3v) is 5.11. The zero-order valence-corrected chi connectivity index (χ0v) is 15.8. The summed E-state index contributed by atoms with van der Waals surface area (Å²) >= 11 is 5.99. The summed E-state index contributed by atoms with van der Waals surface area (Å²) in [5, 5.41) is 0.564. The van der Waals surface area contributed by atoms with Gasteiger partial charge in [0.25, 0.3) is 5.91 Å². The van der Waals surface area contributed by atoms with Crippen molar-refractivity contribution in [3.05, 3.63) is 65.1 Å². The van der Waals surface area contributed by atoms with Crippen molar-refractivity contribution in [1.29, 1.82) is 0 Å². The number of carbonyl (C=O) groups excluding carboxylic acids is 2. The number of aryl methyl sites for hydroxylation is 1. The number of piperazine rings is 1. The van der Waals surface area contributed by atoms with E-state index in [1.807, 2.05) is 38.1 Å². The van der Waals surface area contributed by atoms with Crippen LogP contribution in [0.5, 0.6) is 0 Å². The minimum absolute atomic E-state index is 0.0307. The molecule has 7 heteroatoms. The number of benzene rings is 1. The molecule has 1 aromatic carbocycles. The van der Waals surface area contributed by atoms with Gasteiger partial charge in [-0.15, -0.1) is 0 Å². The van der Waals surface area contributed by atoms with Crippen LogP contribution in [0, 0.1) is 6.92 Å². The first-order chi connectivity index (χ1) is 12.9. The molecule has 138 valence electrons. The first kappa shape index (κ1) is 17.5. The normalized spacial score (nSPS) is 17.6. The molecule has 6 nitrogen and oxygen atoms in total. The molecule has 0 N–H and O–H groups in total. The van der Waals surface area contributed by atoms with Crippen LogP contribution in [0.15, 0.2) is 48.8 Å². The second kappa shape index (κ2) is 6.70. The van der Waals surface area contributed by atoms with Crippen molar-refractivity contribution in [2.75, 3.05) is 18.0 Å². The Morgan fingerprint density at radius 3 is 2.74 bits per heavy atom. The molecule has 3 aromatic rings. The van der Waals surface area contributed by atoms with E-state index in [9.17, 15) is 9.59 Å². The molecule has 2 aromatic heterocycles. The molecule has 2 amide bonds. The molecule has 1 aliphatic rings. The standard InChI is InChI=1S/C20H19ClN4O2/c1-13-5-3-4-6-17(13)25-9-14(2)24(12-19(25)26)20(27)16-11-23-10-15(21)7-8-18(23)22-16/h3-8,10-11,14H,9,12H2,1-2H3/t14-/m0/s1. The van der Waals surface area contributed by atoms with E-state index in [-0.39, 0.29) is 24.4 Å². The number of halogens is 1. The summed E-state index contributed by atoms with van der Waals surface area (Å²) in [7, 11) is 0. The molecule has 0 saturated carbocycles. The fourth-order valence-electron chi connectivity index (χ4n) is 3.44. The molecule has 3 heterocycles. The molecule has 0 unspecified atom stereocenters. The Morgan fingerprint density at radius 2 is 1.96 bits per heavy atom. The van der Waals surface area contributed by atoms with Gasteiger partial charge < -0.3 is 14.2 Å². The van der Waals surface area contributed by atoms with Crippen LogP contribution in [0.25, 0.3) is 5.65 Å². The second-order valence-corrected chi connectivity index (χ2v) is 7.25. The highest BCUT2D eigenvalue weighted by atomic mass is 35.5. The van der Waals surface area contributed by atoms with E-state index in [0.29, 0.717) is 22.9 Å². The number of pyridine rings is 1. The third kappa shape index (κ3) is 3.17. The fraction of sp³-hybridized carbons (Fsp3) is 0.250. The molecular formula is C20H19ClN4O2. The lowest BCUT2D eigenvalue weighted by Gasteiger charge is -2.39. The van der Waals surface area contributed by atoms with E-state index in [0.717, 1.165) is 11.3 Å². The number of para-hydroxylation sites is 1. The molecule has 1 saturated heterocycles. The summed E-state index contributed by atoms with van der Waals surface area (Å²) in [5.74, 6) is -0.345. The number of imidazole rings is 1. The highest BCUT2D eigenvalue weighted by molar-refractivity contribution is 6.30. The fourth-order valence-corrected chi connectivity index (χ4v) is 3.61. The second-order valence-electron chi connectivity index (χ2n) is 6.81. The maximum Gasteiger partial charge on any atom is 0.274 e. The van der Waals surface area contributed by atoms with E-state index in [4.69, 9.17) is 11.6 Å². The first-order valence-corrected chi connectivity index (χ1v) is 9.13. The van der Waals surface area contributed by atoms with Crippen molar-refractivity contribution in [1.82, 2.24) is 14.3 Å². The smallest absolute Gasteiger partial charge is 0.274 e. The van der Waals surface area contributed by atoms with Crippen LogP contribution in [-0.2, 0) is 4.79 Å². The Hall–Kier alpha value is -2.86. The van der Waals surface area contributed by atoms with Gasteiger partial charge in [-0.05, 0) is 37.6 Å². The summed E-state index contributed by atoms with van der Waals surface area (Å²) in [6, 6.07) is 11.1. The number of nitrogens with zero attached hydrogens (tertiary/aromatic N) is 4. The minimum atomic E-state index is -0.250. The van der Waals surface area contributed by atoms with Gasteiger partial charge in [-0.1, -0.05) is 29.8 Å². The number of hydrogen-bond acceptors (Lipinski definition) is 3. The summed E-state index contributed by atoms with van der Waals surface area (Å²) < 4.78 is 1.71. The summed E-state index contributed by atoms with van der Waals surface area (Å²) in [4.78, 5) is 33.4. The number of aromatic nitrogens is 2. The SMILES string of the molecule is Cc1ccccc1N1C[C@H](C)N(C(=O)c2cn3cc(Cl)ccc3n2)CC1=O. The van der Waals surface area contributed by atoms with Crippen molar-refractivity contribution >= 4 is 34.7 Å². The maximum absolute atomic E-state index is 13.0. The molecule has 4 rings (SSSR count). The van der Waals surface area contributed by atoms with Crippen LogP contribution < -0.4 is 4.90 Å². The average molecular weight is 383 g/mol. The Bertz CT molecular complexity index is 1050. The van der Waals surface area contributed by atoms with Crippen LogP contribution >= 0.6 is 11.6 Å². The molecule has 1 atom stereocenters. The molecule has 0 aliphatic carbocycles. The van der Waals surface area contributed by atoms with Gasteiger partial charge in [0, 0.05) is 30.7 Å². The molecule has 0 spiro atoms. The van der Waals surface area contributed by atoms with Gasteiger partial charge in [0.1, 0.15) is 17.9 Å². The van der Waals surface area contributed by atoms with E-state index in [2.05, 4.69) is 4.98 Å². The van der Waals surface area contributed by atoms with Crippen molar-refractivity contribution in [2.24, 2.45) is 0 Å². The number of amides is 2. The predicted octanol–water partition coefficient (Wildman–Crippen LogP) is 3.17. The minimum Gasteiger partial charge on any atom is -0.323 e. The Labute approximate surface area is 162 Å². The monoisotopic (exact) mass is 382 g/mol. The lowest BCUT2D eigenvalue weighted by Crippen LogP contribution is -2.57. The highest BCUT2D eigenvalue weighted by Crippen LogP contribution is 2.24. The highest BCUT2D eigenvalue weighted by Gasteiger charge is 2.34. The molecule has 1 aliphatic heterocycles. The van der Waals surface area contributed by atoms with Crippen LogP contribution in [0.4, 0.5) is 5.69 Å². The summed E-state index contributed by atoms with van der Waals surface area (Å²) in [5.41, 5.74) is 2.88. The van der Waals surface area contributed by atoms with E-state index < -0.39 is 0 Å². The van der Waals surface area contributed by atoms with Crippen LogP contribution in [0.1, 0.15) is 23.0 Å². The summed E-state index contributed by atoms with van der Waals surface area (Å²) in [6.45, 7) is 4.41. The van der Waals surface area contributed by atoms with Gasteiger partial charge in [0.05, 0.1) is 5.02 Å². The molecule has 0 bridgehead atoms. The van der Waals surface area contributed by atoms with Crippen molar-refractivity contribution in [2.45, 2.75) is 19.9 Å². The van der Waals surface area contributed by atoms with Crippen molar-refractivity contribution in [3.63, 3.8) is 0 Å². The first-order valence-electron chi connectivity index (χ1n) is 8.75. The van der Waals surface area contributed by atoms with E-state index in [1.165, 1.54) is 0 Å². The van der Waals surface area contributed by atoms with Crippen LogP contribution in [0.2, 0.25) is 5.02 Å². The molecular weight excluding hydrogens is 364 g/mol. The molecule has 0 radical (unpaired) electrons. The van der Waals surface area contributed by atoms with Gasteiger partial charge in [-0.25, -0.2) is 4.98 Å². The average Bonchev–Trinajstić information content (AvgIpc) is 3.06. The van der Waals surface area contributed by atoms with E-state index >= 15 is 0 Å². The quantitative estimate of drug-likeness (QED) is 0.684. The third-order valence-electron chi connectivity index (χ3n) is 4.89. The van der Waals surface area contributed by atoms with Gasteiger partial charge in [-0.2, -0.15) is 0 Å². The zero-order valence-electron chi connectivity index (χ0n) is 15.1. The van der Waals surface area contributed by atoms with Crippen LogP contribution in [-0.4, -0.2) is 45.2 Å². The lowest BCUT2D eigenvalue weighted by molar-refractivity contribution is -0.121. The number of rotatable bonds is 2. The Morgan fingerprint density at radius 1 is 1.19 bits per heavy atom. The largest absolute Gasteiger partial charge is 0.323 e. The number of fused-ring (bicyclic) bond motifs is 1. The van der Waals surface area contributed by atoms with Gasteiger partial charge >= 0.3 is 0 Å². The Kier molecular flexibility index (Phi) is 4.36. The summed E-state index contributed by atoms with van der Waals surface area (Å²) in [6.07, 6.45) is 3.35. The van der Waals surface area contributed by atoms with Gasteiger partial charge in [-0.3, -0.25) is 9.59 Å². The number of carbonyl (C=O) groups is 2. The van der Waals surface area contributed by atoms with Crippen molar-refractivity contribution < 1.29 is 9.59 Å². The van der Waals surface area contributed by atoms with Crippen LogP contribution in [0.3, 0.4) is 0 Å². The van der Waals surface area contributed by atoms with E-state index in [1.54, 1.807) is 38.7 Å². The number of hydrogen-bond donors (Lipinski definition) is 0. The topological polar surface area (TPSA) is 57.9 Å².